The third-order valence-electron chi connectivity index (χ3n) is 5.89. The molecule has 1 heterocycles. The van der Waals surface area contributed by atoms with E-state index in [1.807, 2.05) is 13.8 Å². The van der Waals surface area contributed by atoms with Gasteiger partial charge in [0, 0.05) is 29.9 Å². The molecule has 3 aromatic rings. The normalized spacial score (nSPS) is 12.3. The fraction of sp³-hybridized carbons (Fsp3) is 0.407. The van der Waals surface area contributed by atoms with E-state index in [1.54, 1.807) is 13.1 Å². The first-order valence-electron chi connectivity index (χ1n) is 12.0. The van der Waals surface area contributed by atoms with Crippen LogP contribution < -0.4 is 4.74 Å². The number of aryl methyl sites for hydroxylation is 1. The lowest BCUT2D eigenvalue weighted by atomic mass is 9.98. The van der Waals surface area contributed by atoms with Crippen LogP contribution in [0, 0.1) is 0 Å². The van der Waals surface area contributed by atoms with E-state index in [9.17, 15) is 35.9 Å². The first kappa shape index (κ1) is 29.1. The Hall–Kier alpha value is -3.50. The number of Topliss-reactive ketones (excluding diaryl/α,β-unsaturated/α-hetero) is 1. The average molecular weight is 544 g/mol. The Morgan fingerprint density at radius 1 is 0.921 bits per heavy atom. The molecular weight excluding hydrogens is 516 g/mol. The van der Waals surface area contributed by atoms with E-state index in [1.165, 1.54) is 18.2 Å². The number of H-pyrrole nitrogens is 1. The number of hydrogen-bond donors (Lipinski definition) is 1. The van der Waals surface area contributed by atoms with Crippen LogP contribution in [0.15, 0.2) is 36.5 Å². The summed E-state index contributed by atoms with van der Waals surface area (Å²) in [6.45, 7) is 5.52. The first-order chi connectivity index (χ1) is 17.7. The lowest BCUT2D eigenvalue weighted by molar-refractivity contribution is -0.145. The molecule has 2 aromatic carbocycles. The SMILES string of the molecule is CCOC(=O)CCC(=O)CCc1cc(C(F)(F)F)c(Oc2ccc3[nH]cc(C(C)C)c3c2)c(C(F)(F)F)c1. The lowest BCUT2D eigenvalue weighted by Gasteiger charge is -2.21. The third kappa shape index (κ3) is 7.08. The maximum atomic E-state index is 14.0. The van der Waals surface area contributed by atoms with E-state index in [-0.39, 0.29) is 49.5 Å². The van der Waals surface area contributed by atoms with Crippen LogP contribution in [0.5, 0.6) is 11.5 Å². The molecular formula is C27H27F6NO4. The number of benzene rings is 2. The number of carbonyl (C=O) groups is 2. The van der Waals surface area contributed by atoms with Crippen LogP contribution in [0.2, 0.25) is 0 Å². The van der Waals surface area contributed by atoms with Crippen molar-refractivity contribution in [1.82, 2.24) is 4.98 Å². The molecule has 38 heavy (non-hydrogen) atoms. The number of fused-ring (bicyclic) bond motifs is 1. The first-order valence-corrected chi connectivity index (χ1v) is 12.0. The molecule has 5 nitrogen and oxygen atoms in total. The van der Waals surface area contributed by atoms with Gasteiger partial charge in [-0.1, -0.05) is 13.8 Å². The summed E-state index contributed by atoms with van der Waals surface area (Å²) in [7, 11) is 0. The monoisotopic (exact) mass is 543 g/mol. The van der Waals surface area contributed by atoms with Crippen LogP contribution >= 0.6 is 0 Å². The second-order valence-corrected chi connectivity index (χ2v) is 9.07. The summed E-state index contributed by atoms with van der Waals surface area (Å²) in [5, 5.41) is 0.623. The van der Waals surface area contributed by atoms with Gasteiger partial charge >= 0.3 is 18.3 Å². The van der Waals surface area contributed by atoms with Gasteiger partial charge in [0.1, 0.15) is 11.5 Å². The molecule has 3 rings (SSSR count). The van der Waals surface area contributed by atoms with Gasteiger partial charge in [-0.2, -0.15) is 26.3 Å². The molecule has 0 saturated carbocycles. The Bertz CT molecular complexity index is 1270. The van der Waals surface area contributed by atoms with Gasteiger partial charge in [0.05, 0.1) is 24.2 Å². The van der Waals surface area contributed by atoms with E-state index in [0.29, 0.717) is 23.0 Å². The standard InChI is InChI=1S/C27H27F6NO4/c1-4-37-24(36)10-7-17(35)6-5-16-11-21(26(28,29)30)25(22(12-16)27(31,32)33)38-18-8-9-23-19(13-18)20(14-34-23)15(2)3/h8-9,11-15,34H,4-7,10H2,1-3H3. The summed E-state index contributed by atoms with van der Waals surface area (Å²) >= 11 is 0. The highest BCUT2D eigenvalue weighted by Gasteiger charge is 2.43. The summed E-state index contributed by atoms with van der Waals surface area (Å²) in [4.78, 5) is 26.5. The van der Waals surface area contributed by atoms with Gasteiger partial charge in [0.2, 0.25) is 0 Å². The molecule has 0 aliphatic carbocycles. The lowest BCUT2D eigenvalue weighted by Crippen LogP contribution is -2.15. The predicted molar refractivity (Wildman–Crippen MR) is 128 cm³/mol. The van der Waals surface area contributed by atoms with Crippen molar-refractivity contribution in [2.24, 2.45) is 0 Å². The molecule has 0 fully saturated rings. The highest BCUT2D eigenvalue weighted by atomic mass is 19.4. The molecule has 0 spiro atoms. The number of aromatic nitrogens is 1. The molecule has 0 bridgehead atoms. The van der Waals surface area contributed by atoms with Gasteiger partial charge < -0.3 is 14.5 Å². The number of aromatic amines is 1. The smallest absolute Gasteiger partial charge is 0.420 e. The largest absolute Gasteiger partial charge is 0.466 e. The molecule has 0 amide bonds. The Kier molecular flexibility index (Phi) is 8.79. The maximum Gasteiger partial charge on any atom is 0.420 e. The van der Waals surface area contributed by atoms with E-state index >= 15 is 0 Å². The van der Waals surface area contributed by atoms with Crippen LogP contribution in [-0.4, -0.2) is 23.3 Å². The van der Waals surface area contributed by atoms with Gasteiger partial charge in [-0.05, 0) is 60.7 Å². The Balaban J connectivity index is 1.96. The van der Waals surface area contributed by atoms with Crippen LogP contribution in [0.4, 0.5) is 26.3 Å². The molecule has 0 saturated heterocycles. The molecule has 1 aromatic heterocycles. The third-order valence-corrected chi connectivity index (χ3v) is 5.89. The van der Waals surface area contributed by atoms with Gasteiger partial charge in [-0.3, -0.25) is 9.59 Å². The minimum Gasteiger partial charge on any atom is -0.466 e. The summed E-state index contributed by atoms with van der Waals surface area (Å²) in [5.74, 6) is -2.59. The fourth-order valence-corrected chi connectivity index (χ4v) is 4.03. The van der Waals surface area contributed by atoms with Gasteiger partial charge in [-0.15, -0.1) is 0 Å². The number of rotatable bonds is 10. The van der Waals surface area contributed by atoms with Crippen molar-refractivity contribution in [3.05, 3.63) is 58.8 Å². The zero-order valence-corrected chi connectivity index (χ0v) is 21.0. The van der Waals surface area contributed by atoms with E-state index in [0.717, 1.165) is 5.56 Å². The summed E-state index contributed by atoms with van der Waals surface area (Å²) in [6, 6.07) is 5.35. The topological polar surface area (TPSA) is 68.4 Å². The maximum absolute atomic E-state index is 14.0. The average Bonchev–Trinajstić information content (AvgIpc) is 3.24. The zero-order chi connectivity index (χ0) is 28.3. The van der Waals surface area contributed by atoms with Gasteiger partial charge in [0.15, 0.2) is 5.75 Å². The van der Waals surface area contributed by atoms with Crippen molar-refractivity contribution in [1.29, 1.82) is 0 Å². The van der Waals surface area contributed by atoms with E-state index < -0.39 is 41.0 Å². The van der Waals surface area contributed by atoms with Crippen LogP contribution in [0.1, 0.15) is 68.2 Å². The van der Waals surface area contributed by atoms with Gasteiger partial charge in [0.25, 0.3) is 0 Å². The number of esters is 1. The summed E-state index contributed by atoms with van der Waals surface area (Å²) in [5.41, 5.74) is -2.03. The van der Waals surface area contributed by atoms with Crippen LogP contribution in [0.3, 0.4) is 0 Å². The highest BCUT2D eigenvalue weighted by Crippen LogP contribution is 2.47. The number of ketones is 1. The minimum absolute atomic E-state index is 0.0507. The molecule has 0 atom stereocenters. The molecule has 0 aliphatic rings. The molecule has 206 valence electrons. The molecule has 0 radical (unpaired) electrons. The van der Waals surface area contributed by atoms with Crippen molar-refractivity contribution in [3.63, 3.8) is 0 Å². The summed E-state index contributed by atoms with van der Waals surface area (Å²) in [6.07, 6.45) is -9.76. The number of carbonyl (C=O) groups excluding carboxylic acids is 2. The highest BCUT2D eigenvalue weighted by molar-refractivity contribution is 5.85. The van der Waals surface area contributed by atoms with Crippen molar-refractivity contribution >= 4 is 22.7 Å². The van der Waals surface area contributed by atoms with Crippen LogP contribution in [-0.2, 0) is 33.1 Å². The Labute approximate surface area is 215 Å². The van der Waals surface area contributed by atoms with E-state index in [2.05, 4.69) is 4.98 Å². The Morgan fingerprint density at radius 2 is 1.55 bits per heavy atom. The molecule has 11 heteroatoms. The van der Waals surface area contributed by atoms with E-state index in [4.69, 9.17) is 9.47 Å². The number of hydrogen-bond acceptors (Lipinski definition) is 4. The minimum atomic E-state index is -5.17. The number of ether oxygens (including phenoxy) is 2. The number of halogens is 6. The van der Waals surface area contributed by atoms with Crippen molar-refractivity contribution in [2.75, 3.05) is 6.61 Å². The summed E-state index contributed by atoms with van der Waals surface area (Å²) < 4.78 is 93.9. The van der Waals surface area contributed by atoms with Crippen molar-refractivity contribution in [2.45, 2.75) is 64.7 Å². The molecule has 0 unspecified atom stereocenters. The molecule has 0 aliphatic heterocycles. The predicted octanol–water partition coefficient (Wildman–Crippen LogP) is 7.97. The van der Waals surface area contributed by atoms with Crippen LogP contribution in [0.25, 0.3) is 10.9 Å². The van der Waals surface area contributed by atoms with Crippen molar-refractivity contribution in [3.8, 4) is 11.5 Å². The fourth-order valence-electron chi connectivity index (χ4n) is 4.03. The molecule has 1 N–H and O–H groups in total. The second kappa shape index (κ2) is 11.5. The van der Waals surface area contributed by atoms with Crippen molar-refractivity contribution < 1.29 is 45.4 Å². The second-order valence-electron chi connectivity index (χ2n) is 9.07. The van der Waals surface area contributed by atoms with Gasteiger partial charge in [-0.25, -0.2) is 0 Å². The zero-order valence-electron chi connectivity index (χ0n) is 21.0. The number of alkyl halides is 6. The Morgan fingerprint density at radius 3 is 2.11 bits per heavy atom. The quantitative estimate of drug-likeness (QED) is 0.208. The number of nitrogens with one attached hydrogen (secondary N) is 1.